The number of ether oxygens (including phenoxy) is 2. The van der Waals surface area contributed by atoms with Crippen LogP contribution in [0.3, 0.4) is 0 Å². The average Bonchev–Trinajstić information content (AvgIpc) is 2.77. The molecule has 18 heavy (non-hydrogen) atoms. The molecule has 0 aromatic carbocycles. The average molecular weight is 257 g/mol. The smallest absolute Gasteiger partial charge is 0.249 e. The van der Waals surface area contributed by atoms with E-state index in [1.54, 1.807) is 6.92 Å². The predicted molar refractivity (Wildman–Crippen MR) is 71.4 cm³/mol. The molecule has 3 unspecified atom stereocenters. The van der Waals surface area contributed by atoms with E-state index >= 15 is 0 Å². The van der Waals surface area contributed by atoms with Gasteiger partial charge in [0.05, 0.1) is 12.7 Å². The minimum absolute atomic E-state index is 0.0459. The molecule has 0 radical (unpaired) electrons. The molecule has 1 heterocycles. The molecule has 1 amide bonds. The third kappa shape index (κ3) is 4.94. The van der Waals surface area contributed by atoms with Crippen LogP contribution in [0.2, 0.25) is 0 Å². The van der Waals surface area contributed by atoms with Crippen molar-refractivity contribution in [1.82, 2.24) is 5.32 Å². The molecule has 0 aliphatic carbocycles. The standard InChI is InChI=1S/C14H27NO3/c1-10(18-9-12-7-6-8-17-12)13(16)15-11(2)14(3,4)5/h10-12H,6-9H2,1-5H3,(H,15,16). The Morgan fingerprint density at radius 1 is 1.44 bits per heavy atom. The van der Waals surface area contributed by atoms with Gasteiger partial charge in [0.15, 0.2) is 0 Å². The van der Waals surface area contributed by atoms with Crippen molar-refractivity contribution in [3.63, 3.8) is 0 Å². The Morgan fingerprint density at radius 3 is 2.61 bits per heavy atom. The van der Waals surface area contributed by atoms with Crippen LogP contribution in [0.25, 0.3) is 0 Å². The molecule has 0 aromatic heterocycles. The maximum Gasteiger partial charge on any atom is 0.249 e. The highest BCUT2D eigenvalue weighted by Gasteiger charge is 2.25. The first-order valence-corrected chi connectivity index (χ1v) is 6.84. The molecule has 0 bridgehead atoms. The summed E-state index contributed by atoms with van der Waals surface area (Å²) >= 11 is 0. The molecule has 0 saturated carbocycles. The first kappa shape index (κ1) is 15.4. The maximum atomic E-state index is 11.9. The topological polar surface area (TPSA) is 47.6 Å². The lowest BCUT2D eigenvalue weighted by Crippen LogP contribution is -2.46. The lowest BCUT2D eigenvalue weighted by Gasteiger charge is -2.29. The highest BCUT2D eigenvalue weighted by Crippen LogP contribution is 2.18. The quantitative estimate of drug-likeness (QED) is 0.820. The molecule has 1 fully saturated rings. The summed E-state index contributed by atoms with van der Waals surface area (Å²) in [4.78, 5) is 11.9. The van der Waals surface area contributed by atoms with Crippen LogP contribution in [0, 0.1) is 5.41 Å². The van der Waals surface area contributed by atoms with Crippen LogP contribution < -0.4 is 5.32 Å². The first-order chi connectivity index (χ1) is 8.30. The number of hydrogen-bond acceptors (Lipinski definition) is 3. The van der Waals surface area contributed by atoms with E-state index in [0.717, 1.165) is 19.4 Å². The zero-order valence-electron chi connectivity index (χ0n) is 12.3. The fourth-order valence-corrected chi connectivity index (χ4v) is 1.65. The summed E-state index contributed by atoms with van der Waals surface area (Å²) in [5, 5.41) is 2.99. The van der Waals surface area contributed by atoms with E-state index < -0.39 is 6.10 Å². The molecule has 0 aromatic rings. The van der Waals surface area contributed by atoms with Crippen molar-refractivity contribution in [2.24, 2.45) is 5.41 Å². The SMILES string of the molecule is CC(OCC1CCCO1)C(=O)NC(C)C(C)(C)C. The Bertz CT molecular complexity index is 267. The van der Waals surface area contributed by atoms with Crippen LogP contribution in [-0.4, -0.2) is 37.4 Å². The van der Waals surface area contributed by atoms with E-state index in [1.807, 2.05) is 6.92 Å². The second-order valence-corrected chi connectivity index (χ2v) is 6.21. The van der Waals surface area contributed by atoms with Gasteiger partial charge in [0.25, 0.3) is 0 Å². The van der Waals surface area contributed by atoms with Crippen molar-refractivity contribution in [1.29, 1.82) is 0 Å². The molecular weight excluding hydrogens is 230 g/mol. The number of carbonyl (C=O) groups is 1. The number of nitrogens with one attached hydrogen (secondary N) is 1. The summed E-state index contributed by atoms with van der Waals surface area (Å²) in [6.45, 7) is 11.5. The van der Waals surface area contributed by atoms with Gasteiger partial charge in [-0.1, -0.05) is 20.8 Å². The molecule has 106 valence electrons. The van der Waals surface area contributed by atoms with E-state index in [1.165, 1.54) is 0 Å². The number of carbonyl (C=O) groups excluding carboxylic acids is 1. The van der Waals surface area contributed by atoms with Crippen LogP contribution >= 0.6 is 0 Å². The van der Waals surface area contributed by atoms with Crippen molar-refractivity contribution >= 4 is 5.91 Å². The Balaban J connectivity index is 2.27. The predicted octanol–water partition coefficient (Wildman–Crippen LogP) is 2.12. The van der Waals surface area contributed by atoms with Crippen LogP contribution in [-0.2, 0) is 14.3 Å². The number of amides is 1. The lowest BCUT2D eigenvalue weighted by atomic mass is 9.88. The van der Waals surface area contributed by atoms with E-state index in [4.69, 9.17) is 9.47 Å². The van der Waals surface area contributed by atoms with E-state index in [2.05, 4.69) is 26.1 Å². The zero-order chi connectivity index (χ0) is 13.8. The molecule has 1 aliphatic rings. The fourth-order valence-electron chi connectivity index (χ4n) is 1.65. The Hall–Kier alpha value is -0.610. The van der Waals surface area contributed by atoms with Gasteiger partial charge in [-0.25, -0.2) is 0 Å². The van der Waals surface area contributed by atoms with Crippen molar-refractivity contribution in [2.75, 3.05) is 13.2 Å². The van der Waals surface area contributed by atoms with Crippen LogP contribution in [0.5, 0.6) is 0 Å². The second kappa shape index (κ2) is 6.53. The molecule has 1 N–H and O–H groups in total. The van der Waals surface area contributed by atoms with Gasteiger partial charge in [0.1, 0.15) is 6.10 Å². The van der Waals surface area contributed by atoms with Crippen molar-refractivity contribution in [3.8, 4) is 0 Å². The van der Waals surface area contributed by atoms with Gasteiger partial charge in [-0.15, -0.1) is 0 Å². The lowest BCUT2D eigenvalue weighted by molar-refractivity contribution is -0.135. The normalized spacial score (nSPS) is 23.7. The molecule has 4 heteroatoms. The number of hydrogen-bond donors (Lipinski definition) is 1. The summed E-state index contributed by atoms with van der Waals surface area (Å²) in [5.41, 5.74) is 0.0595. The van der Waals surface area contributed by atoms with Gasteiger partial charge in [0.2, 0.25) is 5.91 Å². The number of rotatable bonds is 5. The van der Waals surface area contributed by atoms with Gasteiger partial charge >= 0.3 is 0 Å². The molecular formula is C14H27NO3. The molecule has 0 spiro atoms. The monoisotopic (exact) mass is 257 g/mol. The van der Waals surface area contributed by atoms with E-state index in [9.17, 15) is 4.79 Å². The van der Waals surface area contributed by atoms with Gasteiger partial charge in [-0.2, -0.15) is 0 Å². The highest BCUT2D eigenvalue weighted by molar-refractivity contribution is 5.80. The van der Waals surface area contributed by atoms with Crippen molar-refractivity contribution in [3.05, 3.63) is 0 Å². The van der Waals surface area contributed by atoms with Crippen LogP contribution in [0.15, 0.2) is 0 Å². The van der Waals surface area contributed by atoms with Crippen LogP contribution in [0.4, 0.5) is 0 Å². The zero-order valence-corrected chi connectivity index (χ0v) is 12.3. The van der Waals surface area contributed by atoms with Gasteiger partial charge in [-0.05, 0) is 32.1 Å². The van der Waals surface area contributed by atoms with Gasteiger partial charge in [0, 0.05) is 12.6 Å². The van der Waals surface area contributed by atoms with Crippen molar-refractivity contribution < 1.29 is 14.3 Å². The summed E-state index contributed by atoms with van der Waals surface area (Å²) in [5.74, 6) is -0.0459. The van der Waals surface area contributed by atoms with Gasteiger partial charge in [-0.3, -0.25) is 4.79 Å². The Kier molecular flexibility index (Phi) is 5.60. The summed E-state index contributed by atoms with van der Waals surface area (Å²) in [6, 6.07) is 0.124. The third-order valence-electron chi connectivity index (χ3n) is 3.58. The Labute approximate surface area is 110 Å². The summed E-state index contributed by atoms with van der Waals surface area (Å²) < 4.78 is 11.0. The molecule has 3 atom stereocenters. The van der Waals surface area contributed by atoms with Crippen molar-refractivity contribution in [2.45, 2.75) is 65.7 Å². The summed E-state index contributed by atoms with van der Waals surface area (Å²) in [7, 11) is 0. The van der Waals surface area contributed by atoms with Gasteiger partial charge < -0.3 is 14.8 Å². The highest BCUT2D eigenvalue weighted by atomic mass is 16.5. The molecule has 4 nitrogen and oxygen atoms in total. The molecule has 1 aliphatic heterocycles. The Morgan fingerprint density at radius 2 is 2.11 bits per heavy atom. The van der Waals surface area contributed by atoms with Crippen LogP contribution in [0.1, 0.15) is 47.5 Å². The third-order valence-corrected chi connectivity index (χ3v) is 3.58. The van der Waals surface area contributed by atoms with E-state index in [0.29, 0.717) is 6.61 Å². The minimum Gasteiger partial charge on any atom is -0.376 e. The maximum absolute atomic E-state index is 11.9. The minimum atomic E-state index is -0.418. The fraction of sp³-hybridized carbons (Fsp3) is 0.929. The van der Waals surface area contributed by atoms with E-state index in [-0.39, 0.29) is 23.5 Å². The second-order valence-electron chi connectivity index (χ2n) is 6.21. The largest absolute Gasteiger partial charge is 0.376 e. The first-order valence-electron chi connectivity index (χ1n) is 6.84. The molecule has 1 saturated heterocycles. The molecule has 1 rings (SSSR count). The summed E-state index contributed by atoms with van der Waals surface area (Å²) in [6.07, 6.45) is 1.88.